The molecule has 1 amide bonds. The Labute approximate surface area is 137 Å². The zero-order chi connectivity index (χ0) is 16.6. The van der Waals surface area contributed by atoms with E-state index in [4.69, 9.17) is 4.74 Å². The summed E-state index contributed by atoms with van der Waals surface area (Å²) in [5.74, 6) is 0.0150. The third kappa shape index (κ3) is 2.88. The van der Waals surface area contributed by atoms with Crippen LogP contribution in [0, 0.1) is 6.92 Å². The van der Waals surface area contributed by atoms with Crippen LogP contribution in [0.15, 0.2) is 29.2 Å². The van der Waals surface area contributed by atoms with E-state index >= 15 is 0 Å². The third-order valence-electron chi connectivity index (χ3n) is 4.70. The Morgan fingerprint density at radius 2 is 2.09 bits per heavy atom. The Balaban J connectivity index is 1.84. The minimum absolute atomic E-state index is 0.0150. The lowest BCUT2D eigenvalue weighted by Crippen LogP contribution is -2.40. The highest BCUT2D eigenvalue weighted by Gasteiger charge is 2.50. The van der Waals surface area contributed by atoms with Crippen LogP contribution in [0.5, 0.6) is 0 Å². The van der Waals surface area contributed by atoms with Gasteiger partial charge in [-0.05, 0) is 31.0 Å². The summed E-state index contributed by atoms with van der Waals surface area (Å²) < 4.78 is 32.4. The van der Waals surface area contributed by atoms with Gasteiger partial charge in [0.2, 0.25) is 15.9 Å². The Morgan fingerprint density at radius 3 is 2.78 bits per heavy atom. The van der Waals surface area contributed by atoms with Gasteiger partial charge in [0.25, 0.3) is 0 Å². The molecule has 1 aromatic rings. The molecule has 3 rings (SSSR count). The van der Waals surface area contributed by atoms with Crippen molar-refractivity contribution in [3.05, 3.63) is 29.8 Å². The molecule has 0 aliphatic carbocycles. The Hall–Kier alpha value is -1.44. The molecule has 126 valence electrons. The van der Waals surface area contributed by atoms with Crippen molar-refractivity contribution in [2.75, 3.05) is 26.8 Å². The zero-order valence-electron chi connectivity index (χ0n) is 13.4. The van der Waals surface area contributed by atoms with Crippen LogP contribution in [0.2, 0.25) is 0 Å². The molecule has 1 aromatic carbocycles. The molecule has 2 aliphatic rings. The largest absolute Gasteiger partial charge is 0.383 e. The average molecular weight is 338 g/mol. The van der Waals surface area contributed by atoms with E-state index < -0.39 is 10.0 Å². The van der Waals surface area contributed by atoms with Crippen LogP contribution < -0.4 is 0 Å². The fraction of sp³-hybridized carbons (Fsp3) is 0.562. The molecule has 2 heterocycles. The summed E-state index contributed by atoms with van der Waals surface area (Å²) in [6.45, 7) is 3.33. The van der Waals surface area contributed by atoms with Gasteiger partial charge in [0, 0.05) is 26.6 Å². The Kier molecular flexibility index (Phi) is 4.44. The molecule has 6 nitrogen and oxygen atoms in total. The van der Waals surface area contributed by atoms with Crippen molar-refractivity contribution < 1.29 is 17.9 Å². The summed E-state index contributed by atoms with van der Waals surface area (Å²) in [6.07, 6.45) is 0.949. The van der Waals surface area contributed by atoms with Crippen LogP contribution in [0.4, 0.5) is 0 Å². The van der Waals surface area contributed by atoms with Crippen molar-refractivity contribution in [3.63, 3.8) is 0 Å². The maximum Gasteiger partial charge on any atom is 0.243 e. The molecule has 0 saturated carbocycles. The van der Waals surface area contributed by atoms with Gasteiger partial charge in [0.1, 0.15) is 0 Å². The molecule has 0 N–H and O–H groups in total. The molecule has 0 spiro atoms. The number of aryl methyl sites for hydroxylation is 1. The fourth-order valence-corrected chi connectivity index (χ4v) is 5.36. The number of hydrogen-bond acceptors (Lipinski definition) is 4. The van der Waals surface area contributed by atoms with E-state index in [1.807, 2.05) is 13.0 Å². The predicted molar refractivity (Wildman–Crippen MR) is 85.5 cm³/mol. The van der Waals surface area contributed by atoms with Crippen LogP contribution in [0.1, 0.15) is 18.4 Å². The number of amides is 1. The van der Waals surface area contributed by atoms with Crippen molar-refractivity contribution in [1.29, 1.82) is 0 Å². The Bertz CT molecular complexity index is 704. The van der Waals surface area contributed by atoms with Gasteiger partial charge in [-0.2, -0.15) is 4.31 Å². The van der Waals surface area contributed by atoms with Gasteiger partial charge < -0.3 is 9.64 Å². The number of fused-ring (bicyclic) bond motifs is 1. The van der Waals surface area contributed by atoms with E-state index in [9.17, 15) is 13.2 Å². The fourth-order valence-electron chi connectivity index (χ4n) is 3.58. The number of likely N-dealkylation sites (tertiary alicyclic amines) is 1. The first-order valence-corrected chi connectivity index (χ1v) is 9.26. The number of sulfonamides is 1. The van der Waals surface area contributed by atoms with Crippen LogP contribution in [0.3, 0.4) is 0 Å². The maximum absolute atomic E-state index is 12.9. The summed E-state index contributed by atoms with van der Waals surface area (Å²) in [4.78, 5) is 14.3. The monoisotopic (exact) mass is 338 g/mol. The number of rotatable bonds is 5. The van der Waals surface area contributed by atoms with Crippen molar-refractivity contribution in [2.45, 2.75) is 36.7 Å². The van der Waals surface area contributed by atoms with Gasteiger partial charge in [-0.15, -0.1) is 0 Å². The lowest BCUT2D eigenvalue weighted by atomic mass is 10.1. The zero-order valence-corrected chi connectivity index (χ0v) is 14.3. The smallest absolute Gasteiger partial charge is 0.243 e. The van der Waals surface area contributed by atoms with Gasteiger partial charge in [-0.25, -0.2) is 8.42 Å². The summed E-state index contributed by atoms with van der Waals surface area (Å²) in [5, 5.41) is 0. The first-order chi connectivity index (χ1) is 10.9. The summed E-state index contributed by atoms with van der Waals surface area (Å²) in [7, 11) is -1.96. The number of carbonyl (C=O) groups excluding carboxylic acids is 1. The molecule has 2 atom stereocenters. The molecule has 0 aromatic heterocycles. The van der Waals surface area contributed by atoms with E-state index in [-0.39, 0.29) is 24.4 Å². The number of carbonyl (C=O) groups is 1. The second-order valence-electron chi connectivity index (χ2n) is 6.14. The van der Waals surface area contributed by atoms with Crippen LogP contribution in [-0.2, 0) is 19.6 Å². The summed E-state index contributed by atoms with van der Waals surface area (Å²) in [5.41, 5.74) is 0.908. The number of hydrogen-bond donors (Lipinski definition) is 0. The quantitative estimate of drug-likeness (QED) is 0.803. The second kappa shape index (κ2) is 6.22. The first-order valence-electron chi connectivity index (χ1n) is 7.82. The minimum Gasteiger partial charge on any atom is -0.383 e. The van der Waals surface area contributed by atoms with Crippen molar-refractivity contribution in [1.82, 2.24) is 9.21 Å². The van der Waals surface area contributed by atoms with Crippen molar-refractivity contribution >= 4 is 15.9 Å². The maximum atomic E-state index is 12.9. The molecule has 0 bridgehead atoms. The van der Waals surface area contributed by atoms with Gasteiger partial charge >= 0.3 is 0 Å². The summed E-state index contributed by atoms with van der Waals surface area (Å²) in [6, 6.07) is 6.64. The molecule has 2 aliphatic heterocycles. The summed E-state index contributed by atoms with van der Waals surface area (Å²) >= 11 is 0. The number of benzene rings is 1. The standard InChI is InChI=1S/C16H22N2O4S/c1-12-4-3-5-13(10-12)23(20,21)18-7-6-14-15(18)11-16(19)17(14)8-9-22-2/h3-5,10,14-15H,6-9,11H2,1-2H3/t14-,15+/m1/s1. The number of ether oxygens (including phenoxy) is 1. The van der Waals surface area contributed by atoms with Gasteiger partial charge in [-0.1, -0.05) is 12.1 Å². The molecular formula is C16H22N2O4S. The topological polar surface area (TPSA) is 66.9 Å². The highest BCUT2D eigenvalue weighted by Crippen LogP contribution is 2.36. The number of nitrogens with zero attached hydrogens (tertiary/aromatic N) is 2. The molecule has 2 saturated heterocycles. The molecule has 7 heteroatoms. The molecule has 0 radical (unpaired) electrons. The van der Waals surface area contributed by atoms with Crippen molar-refractivity contribution in [2.24, 2.45) is 0 Å². The molecular weight excluding hydrogens is 316 g/mol. The van der Waals surface area contributed by atoms with Crippen LogP contribution in [0.25, 0.3) is 0 Å². The minimum atomic E-state index is -3.56. The SMILES string of the molecule is COCCN1C(=O)C[C@H]2[C@H]1CCN2S(=O)(=O)c1cccc(C)c1. The third-order valence-corrected chi connectivity index (χ3v) is 6.62. The van der Waals surface area contributed by atoms with Crippen molar-refractivity contribution in [3.8, 4) is 0 Å². The van der Waals surface area contributed by atoms with Gasteiger partial charge in [0.05, 0.1) is 23.6 Å². The molecule has 2 fully saturated rings. The first kappa shape index (κ1) is 16.4. The van der Waals surface area contributed by atoms with E-state index in [0.717, 1.165) is 5.56 Å². The highest BCUT2D eigenvalue weighted by molar-refractivity contribution is 7.89. The predicted octanol–water partition coefficient (Wildman–Crippen LogP) is 1.01. The molecule has 23 heavy (non-hydrogen) atoms. The second-order valence-corrected chi connectivity index (χ2v) is 8.03. The van der Waals surface area contributed by atoms with Crippen LogP contribution in [-0.4, -0.2) is 62.4 Å². The lowest BCUT2D eigenvalue weighted by Gasteiger charge is -2.25. The average Bonchev–Trinajstić information content (AvgIpc) is 3.04. The normalized spacial score (nSPS) is 25.1. The Morgan fingerprint density at radius 1 is 1.30 bits per heavy atom. The van der Waals surface area contributed by atoms with Gasteiger partial charge in [-0.3, -0.25) is 4.79 Å². The lowest BCUT2D eigenvalue weighted by molar-refractivity contribution is -0.129. The highest BCUT2D eigenvalue weighted by atomic mass is 32.2. The van der Waals surface area contributed by atoms with Gasteiger partial charge in [0.15, 0.2) is 0 Å². The molecule has 0 unspecified atom stereocenters. The van der Waals surface area contributed by atoms with E-state index in [2.05, 4.69) is 0 Å². The number of methoxy groups -OCH3 is 1. The van der Waals surface area contributed by atoms with E-state index in [1.54, 1.807) is 30.2 Å². The van der Waals surface area contributed by atoms with E-state index in [0.29, 0.717) is 31.0 Å². The van der Waals surface area contributed by atoms with Crippen LogP contribution >= 0.6 is 0 Å². The van der Waals surface area contributed by atoms with E-state index in [1.165, 1.54) is 4.31 Å².